The van der Waals surface area contributed by atoms with E-state index in [0.29, 0.717) is 31.0 Å². The molecular formula is C23H30N4O6. The van der Waals surface area contributed by atoms with Crippen LogP contribution in [0.25, 0.3) is 0 Å². The Balaban J connectivity index is 1.43. The molecule has 10 heteroatoms. The number of benzene rings is 1. The highest BCUT2D eigenvalue weighted by Gasteiger charge is 2.27. The summed E-state index contributed by atoms with van der Waals surface area (Å²) in [5, 5.41) is 2.78. The summed E-state index contributed by atoms with van der Waals surface area (Å²) in [5.41, 5.74) is 4.13. The van der Waals surface area contributed by atoms with Gasteiger partial charge in [-0.2, -0.15) is 0 Å². The largest absolute Gasteiger partial charge is 0.486 e. The van der Waals surface area contributed by atoms with Crippen molar-refractivity contribution < 1.29 is 28.3 Å². The van der Waals surface area contributed by atoms with Gasteiger partial charge in [-0.15, -0.1) is 0 Å². The van der Waals surface area contributed by atoms with Gasteiger partial charge in [0, 0.05) is 19.1 Å². The molecule has 3 rings (SSSR count). The molecule has 3 N–H and O–H groups in total. The third-order valence-electron chi connectivity index (χ3n) is 4.72. The third-order valence-corrected chi connectivity index (χ3v) is 4.72. The molecule has 1 saturated heterocycles. The van der Waals surface area contributed by atoms with Crippen LogP contribution in [-0.4, -0.2) is 47.7 Å². The van der Waals surface area contributed by atoms with Crippen LogP contribution in [0.4, 0.5) is 9.59 Å². The maximum absolute atomic E-state index is 12.5. The second-order valence-corrected chi connectivity index (χ2v) is 8.68. The Morgan fingerprint density at radius 1 is 1.09 bits per heavy atom. The summed E-state index contributed by atoms with van der Waals surface area (Å²) in [7, 11) is 0. The summed E-state index contributed by atoms with van der Waals surface area (Å²) in [6.07, 6.45) is 0.924. The average Bonchev–Trinajstić information content (AvgIpc) is 3.24. The van der Waals surface area contributed by atoms with Crippen LogP contribution in [0.15, 0.2) is 46.9 Å². The lowest BCUT2D eigenvalue weighted by atomic mass is 10.1. The van der Waals surface area contributed by atoms with Crippen molar-refractivity contribution in [1.29, 1.82) is 0 Å². The Morgan fingerprint density at radius 3 is 2.58 bits per heavy atom. The number of amides is 4. The molecular weight excluding hydrogens is 428 g/mol. The average molecular weight is 459 g/mol. The lowest BCUT2D eigenvalue weighted by molar-refractivity contribution is 0.0479. The van der Waals surface area contributed by atoms with Crippen molar-refractivity contribution in [1.82, 2.24) is 21.1 Å². The van der Waals surface area contributed by atoms with Gasteiger partial charge in [0.1, 0.15) is 23.7 Å². The van der Waals surface area contributed by atoms with Gasteiger partial charge in [-0.25, -0.2) is 15.0 Å². The maximum atomic E-state index is 12.5. The number of furan rings is 1. The number of piperidine rings is 1. The molecule has 1 aliphatic heterocycles. The van der Waals surface area contributed by atoms with E-state index in [1.165, 1.54) is 11.0 Å². The van der Waals surface area contributed by atoms with Gasteiger partial charge in [0.2, 0.25) is 0 Å². The first-order valence-corrected chi connectivity index (χ1v) is 10.8. The smallest absolute Gasteiger partial charge is 0.407 e. The zero-order chi connectivity index (χ0) is 23.8. The Bertz CT molecular complexity index is 953. The normalized spacial score (nSPS) is 16.0. The standard InChI is InChI=1S/C23H30N4O6/c1-23(2,3)33-22(30)24-16-8-7-13-27(14-16)21(29)26-25-20(28)19-12-11-18(32-19)15-31-17-9-5-4-6-10-17/h4-6,9-12,16H,7-8,13-15H2,1-3H3,(H,24,30)(H,25,28)(H,26,29). The molecule has 33 heavy (non-hydrogen) atoms. The number of rotatable bonds is 5. The number of carbonyl (C=O) groups is 3. The Morgan fingerprint density at radius 2 is 1.85 bits per heavy atom. The van der Waals surface area contributed by atoms with Crippen molar-refractivity contribution in [2.45, 2.75) is 51.9 Å². The third kappa shape index (κ3) is 7.74. The van der Waals surface area contributed by atoms with Gasteiger partial charge in [0.25, 0.3) is 0 Å². The minimum atomic E-state index is -0.598. The molecule has 1 unspecified atom stereocenters. The number of nitrogens with one attached hydrogen (secondary N) is 3. The van der Waals surface area contributed by atoms with Gasteiger partial charge in [0.05, 0.1) is 0 Å². The molecule has 178 valence electrons. The van der Waals surface area contributed by atoms with Crippen LogP contribution in [0.3, 0.4) is 0 Å². The van der Waals surface area contributed by atoms with Crippen molar-refractivity contribution in [2.24, 2.45) is 0 Å². The lowest BCUT2D eigenvalue weighted by Crippen LogP contribution is -2.55. The van der Waals surface area contributed by atoms with E-state index in [4.69, 9.17) is 13.9 Å². The zero-order valence-electron chi connectivity index (χ0n) is 19.1. The molecule has 0 saturated carbocycles. The van der Waals surface area contributed by atoms with Crippen molar-refractivity contribution >= 4 is 18.0 Å². The van der Waals surface area contributed by atoms with Gasteiger partial charge in [0.15, 0.2) is 5.76 Å². The number of ether oxygens (including phenoxy) is 2. The van der Waals surface area contributed by atoms with E-state index in [1.807, 2.05) is 30.3 Å². The van der Waals surface area contributed by atoms with Crippen LogP contribution in [0.5, 0.6) is 5.75 Å². The number of hydrogen-bond acceptors (Lipinski definition) is 6. The van der Waals surface area contributed by atoms with Crippen molar-refractivity contribution in [3.05, 3.63) is 54.0 Å². The van der Waals surface area contributed by atoms with E-state index < -0.39 is 23.6 Å². The van der Waals surface area contributed by atoms with E-state index in [1.54, 1.807) is 26.8 Å². The fourth-order valence-electron chi connectivity index (χ4n) is 3.25. The Hall–Kier alpha value is -3.69. The lowest BCUT2D eigenvalue weighted by Gasteiger charge is -2.33. The number of hydrogen-bond donors (Lipinski definition) is 3. The molecule has 4 amide bonds. The number of para-hydroxylation sites is 1. The van der Waals surface area contributed by atoms with Gasteiger partial charge in [-0.05, 0) is 57.9 Å². The first-order valence-electron chi connectivity index (χ1n) is 10.8. The van der Waals surface area contributed by atoms with Gasteiger partial charge < -0.3 is 24.1 Å². The molecule has 1 aliphatic rings. The highest BCUT2D eigenvalue weighted by Crippen LogP contribution is 2.14. The number of carbonyl (C=O) groups excluding carboxylic acids is 3. The summed E-state index contributed by atoms with van der Waals surface area (Å²) in [5.74, 6) is 0.621. The predicted octanol–water partition coefficient (Wildman–Crippen LogP) is 3.20. The number of urea groups is 1. The summed E-state index contributed by atoms with van der Waals surface area (Å²) in [6.45, 7) is 6.35. The fourth-order valence-corrected chi connectivity index (χ4v) is 3.25. The first-order chi connectivity index (χ1) is 15.7. The topological polar surface area (TPSA) is 122 Å². The van der Waals surface area contributed by atoms with Crippen molar-refractivity contribution in [3.63, 3.8) is 0 Å². The molecule has 0 radical (unpaired) electrons. The zero-order valence-corrected chi connectivity index (χ0v) is 19.1. The summed E-state index contributed by atoms with van der Waals surface area (Å²) >= 11 is 0. The van der Waals surface area contributed by atoms with Crippen molar-refractivity contribution in [3.8, 4) is 5.75 Å². The van der Waals surface area contributed by atoms with Crippen LogP contribution in [0, 0.1) is 0 Å². The van der Waals surface area contributed by atoms with E-state index in [9.17, 15) is 14.4 Å². The second kappa shape index (κ2) is 10.8. The van der Waals surface area contributed by atoms with Crippen LogP contribution in [0.2, 0.25) is 0 Å². The molecule has 1 fully saturated rings. The minimum Gasteiger partial charge on any atom is -0.486 e. The Labute approximate surface area is 192 Å². The molecule has 1 aromatic carbocycles. The quantitative estimate of drug-likeness (QED) is 0.592. The maximum Gasteiger partial charge on any atom is 0.407 e. The van der Waals surface area contributed by atoms with E-state index >= 15 is 0 Å². The highest BCUT2D eigenvalue weighted by molar-refractivity contribution is 5.92. The van der Waals surface area contributed by atoms with E-state index in [2.05, 4.69) is 16.2 Å². The predicted molar refractivity (Wildman–Crippen MR) is 119 cm³/mol. The van der Waals surface area contributed by atoms with E-state index in [0.717, 1.165) is 6.42 Å². The summed E-state index contributed by atoms with van der Waals surface area (Å²) < 4.78 is 16.3. The van der Waals surface area contributed by atoms with Crippen LogP contribution in [-0.2, 0) is 11.3 Å². The summed E-state index contributed by atoms with van der Waals surface area (Å²) in [6, 6.07) is 11.7. The van der Waals surface area contributed by atoms with Crippen molar-refractivity contribution in [2.75, 3.05) is 13.1 Å². The van der Waals surface area contributed by atoms with Crippen LogP contribution < -0.4 is 20.9 Å². The number of likely N-dealkylation sites (tertiary alicyclic amines) is 1. The molecule has 0 spiro atoms. The molecule has 0 aliphatic carbocycles. The molecule has 2 aromatic rings. The first kappa shape index (κ1) is 24.0. The number of nitrogens with zero attached hydrogens (tertiary/aromatic N) is 1. The highest BCUT2D eigenvalue weighted by atomic mass is 16.6. The number of alkyl carbamates (subject to hydrolysis) is 1. The second-order valence-electron chi connectivity index (χ2n) is 8.68. The number of hydrazine groups is 1. The molecule has 0 bridgehead atoms. The summed E-state index contributed by atoms with van der Waals surface area (Å²) in [4.78, 5) is 38.3. The Kier molecular flexibility index (Phi) is 7.81. The molecule has 1 aromatic heterocycles. The van der Waals surface area contributed by atoms with Gasteiger partial charge in [-0.3, -0.25) is 10.2 Å². The minimum absolute atomic E-state index is 0.0464. The molecule has 1 atom stereocenters. The van der Waals surface area contributed by atoms with Gasteiger partial charge in [-0.1, -0.05) is 18.2 Å². The van der Waals surface area contributed by atoms with Crippen LogP contribution >= 0.6 is 0 Å². The SMILES string of the molecule is CC(C)(C)OC(=O)NC1CCCN(C(=O)NNC(=O)c2ccc(COc3ccccc3)o2)C1. The fraction of sp³-hybridized carbons (Fsp3) is 0.435. The van der Waals surface area contributed by atoms with Gasteiger partial charge >= 0.3 is 18.0 Å². The molecule has 10 nitrogen and oxygen atoms in total. The molecule has 2 heterocycles. The van der Waals surface area contributed by atoms with Crippen LogP contribution in [0.1, 0.15) is 49.9 Å². The monoisotopic (exact) mass is 458 g/mol. The van der Waals surface area contributed by atoms with E-state index in [-0.39, 0.29) is 18.4 Å².